The van der Waals surface area contributed by atoms with Gasteiger partial charge in [0.1, 0.15) is 0 Å². The Morgan fingerprint density at radius 2 is 2.11 bits per heavy atom. The largest absolute Gasteiger partial charge is 0.403 e. The molecular formula is C12H10ClF2N3O. The Hall–Kier alpha value is -1.69. The van der Waals surface area contributed by atoms with Crippen molar-refractivity contribution in [3.63, 3.8) is 0 Å². The van der Waals surface area contributed by atoms with E-state index in [1.165, 1.54) is 0 Å². The summed E-state index contributed by atoms with van der Waals surface area (Å²) in [6, 6.07) is 6.80. The Morgan fingerprint density at radius 1 is 1.32 bits per heavy atom. The molecule has 2 aromatic rings. The van der Waals surface area contributed by atoms with E-state index in [0.29, 0.717) is 16.5 Å². The van der Waals surface area contributed by atoms with Gasteiger partial charge in [-0.1, -0.05) is 22.8 Å². The normalized spacial score (nSPS) is 18.1. The maximum absolute atomic E-state index is 12.7. The highest BCUT2D eigenvalue weighted by Gasteiger charge is 2.45. The Kier molecular flexibility index (Phi) is 2.89. The summed E-state index contributed by atoms with van der Waals surface area (Å²) in [5, 5.41) is 11.0. The molecule has 0 amide bonds. The molecule has 100 valence electrons. The van der Waals surface area contributed by atoms with Crippen LogP contribution >= 0.6 is 11.6 Å². The minimum Gasteiger partial charge on any atom is -0.403 e. The van der Waals surface area contributed by atoms with Crippen LogP contribution in [-0.4, -0.2) is 22.2 Å². The second kappa shape index (κ2) is 4.45. The lowest BCUT2D eigenvalue weighted by molar-refractivity contribution is -0.0797. The summed E-state index contributed by atoms with van der Waals surface area (Å²) >= 11 is 5.86. The van der Waals surface area contributed by atoms with E-state index in [-0.39, 0.29) is 24.9 Å². The highest BCUT2D eigenvalue weighted by atomic mass is 35.5. The van der Waals surface area contributed by atoms with Crippen LogP contribution in [0.1, 0.15) is 12.8 Å². The molecule has 0 spiro atoms. The Balaban J connectivity index is 1.70. The minimum atomic E-state index is -2.58. The third-order valence-corrected chi connectivity index (χ3v) is 3.15. The van der Waals surface area contributed by atoms with Gasteiger partial charge in [0.2, 0.25) is 5.89 Å². The van der Waals surface area contributed by atoms with Gasteiger partial charge in [-0.2, -0.15) is 0 Å². The lowest BCUT2D eigenvalue weighted by Gasteiger charge is -2.34. The topological polar surface area (TPSA) is 51.0 Å². The Bertz CT molecular complexity index is 594. The summed E-state index contributed by atoms with van der Waals surface area (Å²) in [7, 11) is 0. The average Bonchev–Trinajstić information content (AvgIpc) is 2.75. The fourth-order valence-corrected chi connectivity index (χ4v) is 2.15. The van der Waals surface area contributed by atoms with Gasteiger partial charge in [-0.15, -0.1) is 5.10 Å². The van der Waals surface area contributed by atoms with Gasteiger partial charge in [0, 0.05) is 29.5 Å². The molecule has 3 rings (SSSR count). The molecule has 0 aliphatic heterocycles. The van der Waals surface area contributed by atoms with E-state index in [1.807, 2.05) is 0 Å². The summed E-state index contributed by atoms with van der Waals surface area (Å²) in [5.41, 5.74) is 0.687. The third-order valence-electron chi connectivity index (χ3n) is 2.91. The van der Waals surface area contributed by atoms with Crippen molar-refractivity contribution in [2.75, 3.05) is 5.32 Å². The highest BCUT2D eigenvalue weighted by Crippen LogP contribution is 2.39. The van der Waals surface area contributed by atoms with Gasteiger partial charge >= 0.3 is 6.01 Å². The molecule has 0 saturated heterocycles. The lowest BCUT2D eigenvalue weighted by Crippen LogP contribution is -2.44. The fourth-order valence-electron chi connectivity index (χ4n) is 1.96. The van der Waals surface area contributed by atoms with Crippen LogP contribution in [0.2, 0.25) is 5.02 Å². The van der Waals surface area contributed by atoms with E-state index in [9.17, 15) is 8.78 Å². The van der Waals surface area contributed by atoms with Crippen molar-refractivity contribution in [1.82, 2.24) is 10.2 Å². The van der Waals surface area contributed by atoms with Crippen molar-refractivity contribution in [2.24, 2.45) is 0 Å². The molecular weight excluding hydrogens is 276 g/mol. The first-order valence-electron chi connectivity index (χ1n) is 5.76. The van der Waals surface area contributed by atoms with Gasteiger partial charge in [-0.05, 0) is 18.2 Å². The summed E-state index contributed by atoms with van der Waals surface area (Å²) in [5.74, 6) is -2.27. The summed E-state index contributed by atoms with van der Waals surface area (Å²) in [6.45, 7) is 0. The van der Waals surface area contributed by atoms with Crippen molar-refractivity contribution in [1.29, 1.82) is 0 Å². The van der Waals surface area contributed by atoms with Crippen molar-refractivity contribution in [3.8, 4) is 11.5 Å². The molecule has 4 nitrogen and oxygen atoms in total. The predicted molar refractivity (Wildman–Crippen MR) is 66.3 cm³/mol. The third kappa shape index (κ3) is 2.68. The van der Waals surface area contributed by atoms with E-state index in [4.69, 9.17) is 16.0 Å². The van der Waals surface area contributed by atoms with Gasteiger partial charge in [0.15, 0.2) is 0 Å². The molecule has 0 bridgehead atoms. The van der Waals surface area contributed by atoms with Gasteiger partial charge in [0.05, 0.1) is 0 Å². The van der Waals surface area contributed by atoms with Crippen molar-refractivity contribution in [3.05, 3.63) is 29.3 Å². The molecule has 1 aliphatic rings. The van der Waals surface area contributed by atoms with Crippen LogP contribution in [0, 0.1) is 0 Å². The van der Waals surface area contributed by atoms with Crippen LogP contribution in [0.25, 0.3) is 11.5 Å². The van der Waals surface area contributed by atoms with E-state index < -0.39 is 5.92 Å². The first kappa shape index (κ1) is 12.3. The number of hydrogen-bond acceptors (Lipinski definition) is 4. The second-order valence-electron chi connectivity index (χ2n) is 4.53. The van der Waals surface area contributed by atoms with E-state index in [1.54, 1.807) is 24.3 Å². The quantitative estimate of drug-likeness (QED) is 0.936. The second-order valence-corrected chi connectivity index (χ2v) is 4.96. The van der Waals surface area contributed by atoms with Crippen molar-refractivity contribution in [2.45, 2.75) is 24.8 Å². The molecule has 1 aromatic heterocycles. The number of benzene rings is 1. The number of alkyl halides is 2. The van der Waals surface area contributed by atoms with Crippen LogP contribution in [0.4, 0.5) is 14.8 Å². The van der Waals surface area contributed by atoms with Crippen LogP contribution in [-0.2, 0) is 0 Å². The molecule has 1 heterocycles. The van der Waals surface area contributed by atoms with Crippen molar-refractivity contribution >= 4 is 17.6 Å². The number of nitrogens with zero attached hydrogens (tertiary/aromatic N) is 2. The van der Waals surface area contributed by atoms with Crippen molar-refractivity contribution < 1.29 is 13.2 Å². The zero-order valence-electron chi connectivity index (χ0n) is 9.74. The highest BCUT2D eigenvalue weighted by molar-refractivity contribution is 6.30. The molecule has 0 unspecified atom stereocenters. The first-order chi connectivity index (χ1) is 9.02. The van der Waals surface area contributed by atoms with E-state index >= 15 is 0 Å². The molecule has 1 aliphatic carbocycles. The van der Waals surface area contributed by atoms with E-state index in [2.05, 4.69) is 15.5 Å². The molecule has 1 saturated carbocycles. The molecule has 7 heteroatoms. The van der Waals surface area contributed by atoms with Crippen LogP contribution in [0.15, 0.2) is 28.7 Å². The number of aromatic nitrogens is 2. The van der Waals surface area contributed by atoms with Gasteiger partial charge in [0.25, 0.3) is 5.92 Å². The van der Waals surface area contributed by atoms with E-state index in [0.717, 1.165) is 0 Å². The number of anilines is 1. The van der Waals surface area contributed by atoms with Gasteiger partial charge in [-0.3, -0.25) is 0 Å². The molecule has 19 heavy (non-hydrogen) atoms. The Labute approximate surface area is 112 Å². The molecule has 1 N–H and O–H groups in total. The molecule has 0 radical (unpaired) electrons. The molecule has 1 aromatic carbocycles. The summed E-state index contributed by atoms with van der Waals surface area (Å²) < 4.78 is 30.7. The van der Waals surface area contributed by atoms with Crippen LogP contribution in [0.5, 0.6) is 0 Å². The van der Waals surface area contributed by atoms with Crippen LogP contribution in [0.3, 0.4) is 0 Å². The SMILES string of the molecule is FC1(F)CC(Nc2nnc(-c3cccc(Cl)c3)o2)C1. The predicted octanol–water partition coefficient (Wildman–Crippen LogP) is 3.60. The summed E-state index contributed by atoms with van der Waals surface area (Å²) in [4.78, 5) is 0. The van der Waals surface area contributed by atoms with Gasteiger partial charge in [-0.25, -0.2) is 8.78 Å². The molecule has 0 atom stereocenters. The van der Waals surface area contributed by atoms with Gasteiger partial charge < -0.3 is 9.73 Å². The fraction of sp³-hybridized carbons (Fsp3) is 0.333. The average molecular weight is 286 g/mol. The smallest absolute Gasteiger partial charge is 0.315 e. The standard InChI is InChI=1S/C12H10ClF2N3O/c13-8-3-1-2-7(4-8)10-17-18-11(19-10)16-9-5-12(14,15)6-9/h1-4,9H,5-6H2,(H,16,18). The number of nitrogens with one attached hydrogen (secondary N) is 1. The maximum atomic E-state index is 12.7. The monoisotopic (exact) mass is 285 g/mol. The molecule has 1 fully saturated rings. The maximum Gasteiger partial charge on any atom is 0.315 e. The zero-order chi connectivity index (χ0) is 13.5. The number of halogens is 3. The summed E-state index contributed by atoms with van der Waals surface area (Å²) in [6.07, 6.45) is -0.413. The first-order valence-corrected chi connectivity index (χ1v) is 6.13. The zero-order valence-corrected chi connectivity index (χ0v) is 10.5. The lowest BCUT2D eigenvalue weighted by atomic mass is 9.88. The number of hydrogen-bond donors (Lipinski definition) is 1. The van der Waals surface area contributed by atoms with Crippen LogP contribution < -0.4 is 5.32 Å². The Morgan fingerprint density at radius 3 is 2.79 bits per heavy atom. The number of rotatable bonds is 3. The minimum absolute atomic E-state index is 0.149.